The van der Waals surface area contributed by atoms with E-state index in [0.717, 1.165) is 11.5 Å². The Morgan fingerprint density at radius 2 is 1.73 bits per heavy atom. The van der Waals surface area contributed by atoms with Gasteiger partial charge < -0.3 is 19.3 Å². The zero-order valence-corrected chi connectivity index (χ0v) is 17.1. The number of nitrogens with zero attached hydrogens (tertiary/aromatic N) is 6. The van der Waals surface area contributed by atoms with Gasteiger partial charge in [-0.3, -0.25) is 4.79 Å². The predicted molar refractivity (Wildman–Crippen MR) is 111 cm³/mol. The average molecular weight is 408 g/mol. The van der Waals surface area contributed by atoms with Gasteiger partial charge in [-0.15, -0.1) is 10.2 Å². The fourth-order valence-corrected chi connectivity index (χ4v) is 3.26. The highest BCUT2D eigenvalue weighted by Crippen LogP contribution is 2.19. The van der Waals surface area contributed by atoms with Crippen molar-refractivity contribution in [3.05, 3.63) is 54.4 Å². The van der Waals surface area contributed by atoms with E-state index in [1.165, 1.54) is 0 Å². The molecule has 1 aliphatic rings. The van der Waals surface area contributed by atoms with Crippen LogP contribution in [0.4, 0.5) is 5.82 Å². The zero-order chi connectivity index (χ0) is 20.9. The Labute approximate surface area is 174 Å². The maximum Gasteiger partial charge on any atom is 0.260 e. The van der Waals surface area contributed by atoms with Crippen LogP contribution in [-0.4, -0.2) is 70.7 Å². The van der Waals surface area contributed by atoms with Crippen molar-refractivity contribution in [1.82, 2.24) is 24.9 Å². The summed E-state index contributed by atoms with van der Waals surface area (Å²) in [5, 5.41) is 12.9. The molecule has 0 atom stereocenters. The fourth-order valence-electron chi connectivity index (χ4n) is 3.26. The number of methoxy groups -OCH3 is 1. The standard InChI is InChI=1S/C21H24N6O3/c1-16-8-9-27(24-16)20-7-6-19(22-23-20)25-10-12-26(13-11-25)21(28)15-30-18-5-3-4-17(14-18)29-2/h3-9,14H,10-13,15H2,1-2H3. The van der Waals surface area contributed by atoms with Gasteiger partial charge in [0.25, 0.3) is 5.91 Å². The highest BCUT2D eigenvalue weighted by molar-refractivity contribution is 5.78. The molecule has 156 valence electrons. The van der Waals surface area contributed by atoms with E-state index in [1.807, 2.05) is 48.4 Å². The van der Waals surface area contributed by atoms with Gasteiger partial charge in [0.05, 0.1) is 12.8 Å². The number of ether oxygens (including phenoxy) is 2. The summed E-state index contributed by atoms with van der Waals surface area (Å²) in [6, 6.07) is 13.0. The third kappa shape index (κ3) is 4.51. The fraction of sp³-hybridized carbons (Fsp3) is 0.333. The average Bonchev–Trinajstić information content (AvgIpc) is 3.24. The van der Waals surface area contributed by atoms with Crippen molar-refractivity contribution in [3.63, 3.8) is 0 Å². The molecule has 0 bridgehead atoms. The number of aromatic nitrogens is 4. The van der Waals surface area contributed by atoms with Crippen LogP contribution in [0.3, 0.4) is 0 Å². The van der Waals surface area contributed by atoms with E-state index in [0.29, 0.717) is 43.5 Å². The molecule has 1 amide bonds. The molecule has 2 aromatic heterocycles. The monoisotopic (exact) mass is 408 g/mol. The van der Waals surface area contributed by atoms with Gasteiger partial charge >= 0.3 is 0 Å². The largest absolute Gasteiger partial charge is 0.497 e. The van der Waals surface area contributed by atoms with Crippen LogP contribution in [-0.2, 0) is 4.79 Å². The zero-order valence-electron chi connectivity index (χ0n) is 17.1. The van der Waals surface area contributed by atoms with Crippen LogP contribution in [0.15, 0.2) is 48.7 Å². The molecular weight excluding hydrogens is 384 g/mol. The van der Waals surface area contributed by atoms with Gasteiger partial charge in [0.2, 0.25) is 0 Å². The summed E-state index contributed by atoms with van der Waals surface area (Å²) in [6.45, 7) is 4.55. The van der Waals surface area contributed by atoms with Crippen molar-refractivity contribution in [1.29, 1.82) is 0 Å². The minimum absolute atomic E-state index is 0.00492. The summed E-state index contributed by atoms with van der Waals surface area (Å²) >= 11 is 0. The Kier molecular flexibility index (Phi) is 5.78. The summed E-state index contributed by atoms with van der Waals surface area (Å²) in [5.74, 6) is 2.75. The molecule has 0 aliphatic carbocycles. The third-order valence-corrected chi connectivity index (χ3v) is 4.95. The van der Waals surface area contributed by atoms with Crippen molar-refractivity contribution in [2.24, 2.45) is 0 Å². The number of carbonyl (C=O) groups excluding carboxylic acids is 1. The summed E-state index contributed by atoms with van der Waals surface area (Å²) < 4.78 is 12.5. The molecule has 9 nitrogen and oxygen atoms in total. The van der Waals surface area contributed by atoms with Gasteiger partial charge in [-0.25, -0.2) is 4.68 Å². The molecule has 0 saturated carbocycles. The summed E-state index contributed by atoms with van der Waals surface area (Å²) in [7, 11) is 1.60. The molecule has 0 radical (unpaired) electrons. The van der Waals surface area contributed by atoms with Crippen LogP contribution in [0.1, 0.15) is 5.69 Å². The van der Waals surface area contributed by atoms with Crippen LogP contribution in [0.25, 0.3) is 5.82 Å². The third-order valence-electron chi connectivity index (χ3n) is 4.95. The van der Waals surface area contributed by atoms with Gasteiger partial charge in [-0.2, -0.15) is 5.10 Å². The van der Waals surface area contributed by atoms with E-state index in [9.17, 15) is 4.79 Å². The van der Waals surface area contributed by atoms with Gasteiger partial charge in [0.1, 0.15) is 11.5 Å². The smallest absolute Gasteiger partial charge is 0.260 e. The number of benzene rings is 1. The molecule has 30 heavy (non-hydrogen) atoms. The van der Waals surface area contributed by atoms with E-state index < -0.39 is 0 Å². The number of hydrogen-bond acceptors (Lipinski definition) is 7. The lowest BCUT2D eigenvalue weighted by Gasteiger charge is -2.35. The SMILES string of the molecule is COc1cccc(OCC(=O)N2CCN(c3ccc(-n4ccc(C)n4)nn3)CC2)c1. The Balaban J connectivity index is 1.28. The van der Waals surface area contributed by atoms with Crippen molar-refractivity contribution in [2.75, 3.05) is 44.8 Å². The second-order valence-electron chi connectivity index (χ2n) is 6.99. The molecule has 3 aromatic rings. The number of hydrogen-bond donors (Lipinski definition) is 0. The molecule has 4 rings (SSSR count). The van der Waals surface area contributed by atoms with Crippen molar-refractivity contribution in [2.45, 2.75) is 6.92 Å². The first-order valence-corrected chi connectivity index (χ1v) is 9.78. The molecule has 3 heterocycles. The minimum Gasteiger partial charge on any atom is -0.497 e. The minimum atomic E-state index is -0.0343. The predicted octanol–water partition coefficient (Wildman–Crippen LogP) is 1.71. The Bertz CT molecular complexity index is 996. The van der Waals surface area contributed by atoms with Crippen molar-refractivity contribution >= 4 is 11.7 Å². The Morgan fingerprint density at radius 3 is 2.40 bits per heavy atom. The number of aryl methyl sites for hydroxylation is 1. The van der Waals surface area contributed by atoms with Crippen molar-refractivity contribution < 1.29 is 14.3 Å². The Hall–Kier alpha value is -3.62. The summed E-state index contributed by atoms with van der Waals surface area (Å²) in [5.41, 5.74) is 0.928. The highest BCUT2D eigenvalue weighted by atomic mass is 16.5. The second kappa shape index (κ2) is 8.81. The van der Waals surface area contributed by atoms with Crippen LogP contribution in [0.5, 0.6) is 11.5 Å². The molecule has 0 N–H and O–H groups in total. The van der Waals surface area contributed by atoms with Crippen LogP contribution in [0, 0.1) is 6.92 Å². The first-order chi connectivity index (χ1) is 14.6. The molecular formula is C21H24N6O3. The molecule has 9 heteroatoms. The van der Waals surface area contributed by atoms with E-state index in [1.54, 1.807) is 23.9 Å². The number of piperazine rings is 1. The molecule has 1 fully saturated rings. The molecule has 1 aliphatic heterocycles. The van der Waals surface area contributed by atoms with Gasteiger partial charge in [-0.1, -0.05) is 6.07 Å². The first-order valence-electron chi connectivity index (χ1n) is 9.78. The lowest BCUT2D eigenvalue weighted by molar-refractivity contribution is -0.133. The number of carbonyl (C=O) groups is 1. The second-order valence-corrected chi connectivity index (χ2v) is 6.99. The summed E-state index contributed by atoms with van der Waals surface area (Å²) in [4.78, 5) is 16.4. The topological polar surface area (TPSA) is 85.6 Å². The van der Waals surface area contributed by atoms with Crippen molar-refractivity contribution in [3.8, 4) is 17.3 Å². The molecule has 0 spiro atoms. The quantitative estimate of drug-likeness (QED) is 0.614. The van der Waals surface area contributed by atoms with E-state index in [4.69, 9.17) is 9.47 Å². The molecule has 0 unspecified atom stereocenters. The molecule has 1 saturated heterocycles. The lowest BCUT2D eigenvalue weighted by Crippen LogP contribution is -2.50. The van der Waals surface area contributed by atoms with Crippen LogP contribution < -0.4 is 14.4 Å². The number of rotatable bonds is 6. The number of amides is 1. The van der Waals surface area contributed by atoms with Crippen LogP contribution >= 0.6 is 0 Å². The normalized spacial score (nSPS) is 13.9. The van der Waals surface area contributed by atoms with Gasteiger partial charge in [0, 0.05) is 38.4 Å². The van der Waals surface area contributed by atoms with E-state index in [2.05, 4.69) is 20.2 Å². The highest BCUT2D eigenvalue weighted by Gasteiger charge is 2.22. The van der Waals surface area contributed by atoms with Crippen LogP contribution in [0.2, 0.25) is 0 Å². The van der Waals surface area contributed by atoms with Gasteiger partial charge in [-0.05, 0) is 37.3 Å². The van der Waals surface area contributed by atoms with E-state index >= 15 is 0 Å². The van der Waals surface area contributed by atoms with E-state index in [-0.39, 0.29) is 12.5 Å². The van der Waals surface area contributed by atoms with Gasteiger partial charge in [0.15, 0.2) is 18.2 Å². The first kappa shape index (κ1) is 19.7. The lowest BCUT2D eigenvalue weighted by atomic mass is 10.3. The maximum absolute atomic E-state index is 12.5. The summed E-state index contributed by atoms with van der Waals surface area (Å²) in [6.07, 6.45) is 1.86. The number of anilines is 1. The Morgan fingerprint density at radius 1 is 1.00 bits per heavy atom. The maximum atomic E-state index is 12.5. The molecule has 1 aromatic carbocycles.